The average molecular weight is 511 g/mol. The summed E-state index contributed by atoms with van der Waals surface area (Å²) in [6.45, 7) is -0.527. The van der Waals surface area contributed by atoms with Gasteiger partial charge in [-0.15, -0.1) is 0 Å². The molecule has 1 atom stereocenters. The summed E-state index contributed by atoms with van der Waals surface area (Å²) in [7, 11) is -4.01. The first-order valence-corrected chi connectivity index (χ1v) is 12.1. The third-order valence-electron chi connectivity index (χ3n) is 5.38. The maximum atomic E-state index is 13.3. The number of anilines is 1. The molecule has 0 fully saturated rings. The van der Waals surface area contributed by atoms with Crippen LogP contribution in [-0.2, 0) is 16.2 Å². The molecule has 0 spiro atoms. The molecule has 0 amide bonds. The van der Waals surface area contributed by atoms with Crippen molar-refractivity contribution in [1.29, 1.82) is 0 Å². The van der Waals surface area contributed by atoms with Crippen LogP contribution in [0.4, 0.5) is 23.5 Å². The molecule has 1 aliphatic rings. The summed E-state index contributed by atoms with van der Waals surface area (Å²) in [6, 6.07) is 9.04. The van der Waals surface area contributed by atoms with E-state index in [2.05, 4.69) is 14.7 Å². The zero-order valence-electron chi connectivity index (χ0n) is 18.3. The van der Waals surface area contributed by atoms with Crippen molar-refractivity contribution in [3.63, 3.8) is 0 Å². The van der Waals surface area contributed by atoms with Crippen LogP contribution in [0, 0.1) is 0 Å². The fraction of sp³-hybridized carbons (Fsp3) is 0.304. The number of nitrogens with zero attached hydrogens (tertiary/aromatic N) is 2. The summed E-state index contributed by atoms with van der Waals surface area (Å²) in [5.74, 6) is -0.217. The second-order valence-corrected chi connectivity index (χ2v) is 9.39. The molecule has 2 aromatic carbocycles. The van der Waals surface area contributed by atoms with Gasteiger partial charge in [0.25, 0.3) is 10.0 Å². The third kappa shape index (κ3) is 5.64. The van der Waals surface area contributed by atoms with Gasteiger partial charge in [-0.05, 0) is 30.7 Å². The van der Waals surface area contributed by atoms with Crippen molar-refractivity contribution in [3.8, 4) is 11.5 Å². The molecule has 0 saturated carbocycles. The molecule has 0 unspecified atom stereocenters. The van der Waals surface area contributed by atoms with E-state index in [1.165, 1.54) is 30.6 Å². The molecule has 1 aromatic heterocycles. The molecule has 1 N–H and O–H groups in total. The summed E-state index contributed by atoms with van der Waals surface area (Å²) in [4.78, 5) is 7.60. The molecule has 12 heteroatoms. The highest BCUT2D eigenvalue weighted by Gasteiger charge is 2.33. The van der Waals surface area contributed by atoms with Gasteiger partial charge in [-0.25, -0.2) is 23.1 Å². The van der Waals surface area contributed by atoms with Crippen molar-refractivity contribution < 1.29 is 35.5 Å². The second kappa shape index (κ2) is 10.1. The molecule has 186 valence electrons. The number of hydrogen-bond donors (Lipinski definition) is 1. The Morgan fingerprint density at radius 1 is 1.09 bits per heavy atom. The van der Waals surface area contributed by atoms with Crippen LogP contribution >= 0.6 is 0 Å². The van der Waals surface area contributed by atoms with Crippen molar-refractivity contribution in [1.82, 2.24) is 9.97 Å². The normalized spacial score (nSPS) is 15.7. The Hall–Kier alpha value is -3.41. The number of nitrogens with one attached hydrogen (secondary N) is 1. The smallest absolute Gasteiger partial charge is 0.416 e. The van der Waals surface area contributed by atoms with E-state index in [0.717, 1.165) is 12.1 Å². The minimum atomic E-state index is -4.57. The molecule has 1 aliphatic heterocycles. The minimum Gasteiger partial charge on any atom is -0.493 e. The van der Waals surface area contributed by atoms with E-state index in [1.807, 2.05) is 0 Å². The van der Waals surface area contributed by atoms with Gasteiger partial charge in [-0.1, -0.05) is 12.1 Å². The van der Waals surface area contributed by atoms with Gasteiger partial charge in [0.2, 0.25) is 5.95 Å². The Bertz CT molecular complexity index is 1290. The number of rotatable bonds is 8. The van der Waals surface area contributed by atoms with E-state index in [4.69, 9.17) is 9.47 Å². The quantitative estimate of drug-likeness (QED) is 0.340. The lowest BCUT2D eigenvalue weighted by Gasteiger charge is -2.28. The van der Waals surface area contributed by atoms with E-state index >= 15 is 0 Å². The fourth-order valence-electron chi connectivity index (χ4n) is 3.75. The number of fused-ring (bicyclic) bond motifs is 1. The highest BCUT2D eigenvalue weighted by Crippen LogP contribution is 2.44. The lowest BCUT2D eigenvalue weighted by molar-refractivity contribution is -0.137. The van der Waals surface area contributed by atoms with E-state index in [0.29, 0.717) is 17.5 Å². The average Bonchev–Trinajstić information content (AvgIpc) is 2.83. The van der Waals surface area contributed by atoms with Gasteiger partial charge >= 0.3 is 6.18 Å². The van der Waals surface area contributed by atoms with Gasteiger partial charge in [-0.2, -0.15) is 13.2 Å². The van der Waals surface area contributed by atoms with Crippen molar-refractivity contribution in [2.75, 3.05) is 24.6 Å². The zero-order valence-corrected chi connectivity index (χ0v) is 19.1. The van der Waals surface area contributed by atoms with Crippen molar-refractivity contribution in [2.24, 2.45) is 0 Å². The van der Waals surface area contributed by atoms with E-state index in [1.54, 1.807) is 12.1 Å². The zero-order chi connectivity index (χ0) is 25.1. The molecular weight excluding hydrogens is 490 g/mol. The molecule has 4 rings (SSSR count). The monoisotopic (exact) mass is 511 g/mol. The van der Waals surface area contributed by atoms with Crippen LogP contribution in [0.25, 0.3) is 0 Å². The van der Waals surface area contributed by atoms with Gasteiger partial charge in [-0.3, -0.25) is 4.39 Å². The Labute approximate surface area is 199 Å². The van der Waals surface area contributed by atoms with Gasteiger partial charge in [0, 0.05) is 41.9 Å². The summed E-state index contributed by atoms with van der Waals surface area (Å²) >= 11 is 0. The number of ether oxygens (including phenoxy) is 2. The molecule has 7 nitrogen and oxygen atoms in total. The van der Waals surface area contributed by atoms with Crippen LogP contribution in [0.1, 0.15) is 35.4 Å². The van der Waals surface area contributed by atoms with Crippen LogP contribution in [0.15, 0.2) is 59.8 Å². The predicted molar refractivity (Wildman–Crippen MR) is 119 cm³/mol. The Morgan fingerprint density at radius 2 is 1.83 bits per heavy atom. The van der Waals surface area contributed by atoms with Crippen molar-refractivity contribution >= 4 is 16.0 Å². The maximum absolute atomic E-state index is 13.3. The number of aromatic nitrogens is 2. The summed E-state index contributed by atoms with van der Waals surface area (Å²) in [6.07, 6.45) is -1.31. The Morgan fingerprint density at radius 3 is 2.54 bits per heavy atom. The molecular formula is C23H21F4N3O4S. The molecule has 3 aromatic rings. The van der Waals surface area contributed by atoms with Gasteiger partial charge < -0.3 is 9.47 Å². The first kappa shape index (κ1) is 24.7. The van der Waals surface area contributed by atoms with Crippen molar-refractivity contribution in [2.45, 2.75) is 29.8 Å². The predicted octanol–water partition coefficient (Wildman–Crippen LogP) is 4.95. The molecule has 0 radical (unpaired) electrons. The summed E-state index contributed by atoms with van der Waals surface area (Å²) in [5, 5.41) is 0. The van der Waals surface area contributed by atoms with Gasteiger partial charge in [0.1, 0.15) is 11.5 Å². The standard InChI is InChI=1S/C23H21F4N3O4S/c24-8-1-11-33-20-13-15(23(25,26)27)3-5-18(20)17-7-12-34-21-14-16(4-6-19(17)21)35(31,32)30-22-28-9-2-10-29-22/h2-6,9-10,13-14,17H,1,7-8,11-12H2,(H,28,29,30)/t17-/m0/s1. The number of alkyl halides is 4. The molecule has 0 aliphatic carbocycles. The van der Waals surface area contributed by atoms with Gasteiger partial charge in [0.05, 0.1) is 30.3 Å². The Balaban J connectivity index is 1.68. The molecule has 0 bridgehead atoms. The van der Waals surface area contributed by atoms with E-state index in [9.17, 15) is 26.0 Å². The van der Waals surface area contributed by atoms with E-state index in [-0.39, 0.29) is 42.0 Å². The Kier molecular flexibility index (Phi) is 7.10. The van der Waals surface area contributed by atoms with Crippen LogP contribution in [0.3, 0.4) is 0 Å². The van der Waals surface area contributed by atoms with Crippen LogP contribution < -0.4 is 14.2 Å². The third-order valence-corrected chi connectivity index (χ3v) is 6.70. The fourth-order valence-corrected chi connectivity index (χ4v) is 4.72. The molecule has 2 heterocycles. The highest BCUT2D eigenvalue weighted by molar-refractivity contribution is 7.92. The summed E-state index contributed by atoms with van der Waals surface area (Å²) < 4.78 is 91.4. The minimum absolute atomic E-state index is 0.00529. The topological polar surface area (TPSA) is 90.4 Å². The highest BCUT2D eigenvalue weighted by atomic mass is 32.2. The van der Waals surface area contributed by atoms with Crippen LogP contribution in [0.2, 0.25) is 0 Å². The number of halogens is 4. The summed E-state index contributed by atoms with van der Waals surface area (Å²) in [5.41, 5.74) is 0.202. The van der Waals surface area contributed by atoms with Gasteiger partial charge in [0.15, 0.2) is 0 Å². The molecule has 0 saturated heterocycles. The number of sulfonamides is 1. The van der Waals surface area contributed by atoms with Crippen LogP contribution in [0.5, 0.6) is 11.5 Å². The lowest BCUT2D eigenvalue weighted by atomic mass is 9.85. The first-order valence-electron chi connectivity index (χ1n) is 10.7. The largest absolute Gasteiger partial charge is 0.493 e. The van der Waals surface area contributed by atoms with Crippen LogP contribution in [-0.4, -0.2) is 38.3 Å². The number of hydrogen-bond acceptors (Lipinski definition) is 6. The maximum Gasteiger partial charge on any atom is 0.416 e. The van der Waals surface area contributed by atoms with Crippen molar-refractivity contribution in [3.05, 3.63) is 71.5 Å². The van der Waals surface area contributed by atoms with E-state index < -0.39 is 34.4 Å². The second-order valence-electron chi connectivity index (χ2n) is 7.71. The SMILES string of the molecule is O=S(=O)(Nc1ncccn1)c1ccc2c(c1)OCC[C@H]2c1ccc(C(F)(F)F)cc1OCCCF. The molecule has 35 heavy (non-hydrogen) atoms. The first-order chi connectivity index (χ1) is 16.7. The number of benzene rings is 2. The lowest BCUT2D eigenvalue weighted by Crippen LogP contribution is -2.19.